The Labute approximate surface area is 109 Å². The molecule has 2 heterocycles. The zero-order chi connectivity index (χ0) is 13.2. The molecule has 1 saturated heterocycles. The summed E-state index contributed by atoms with van der Waals surface area (Å²) >= 11 is 0. The van der Waals surface area contributed by atoms with Gasteiger partial charge in [0.05, 0.1) is 5.69 Å². The Hall–Kier alpha value is -1.46. The molecule has 1 aliphatic rings. The predicted octanol–water partition coefficient (Wildman–Crippen LogP) is 0.238. The molecule has 1 amide bonds. The summed E-state index contributed by atoms with van der Waals surface area (Å²) in [6.07, 6.45) is 3.67. The summed E-state index contributed by atoms with van der Waals surface area (Å²) in [7, 11) is 3.97. The van der Waals surface area contributed by atoms with Crippen LogP contribution >= 0.6 is 0 Å². The second kappa shape index (κ2) is 8.60. The maximum atomic E-state index is 9.94. The standard InChI is InChI=1S/C7H10N2.C6H12N2O/c1-8-6-7-4-2-3-5-9-7;1-8-3-2-6(4-8)7-5-9/h2-5,8H,6H2,1H3;5-6H,2-4H2,1H3,(H,7,9). The number of hydrogen-bond donors (Lipinski definition) is 2. The van der Waals surface area contributed by atoms with Crippen molar-refractivity contribution in [2.75, 3.05) is 27.2 Å². The van der Waals surface area contributed by atoms with Gasteiger partial charge in [0.1, 0.15) is 0 Å². The molecule has 1 fully saturated rings. The molecular formula is C13H22N4O. The summed E-state index contributed by atoms with van der Waals surface area (Å²) in [6, 6.07) is 6.29. The fourth-order valence-electron chi connectivity index (χ4n) is 1.85. The average Bonchev–Trinajstić information content (AvgIpc) is 2.78. The van der Waals surface area contributed by atoms with Crippen molar-refractivity contribution in [1.82, 2.24) is 20.5 Å². The number of nitrogens with one attached hydrogen (secondary N) is 2. The summed E-state index contributed by atoms with van der Waals surface area (Å²) in [6.45, 7) is 2.95. The summed E-state index contributed by atoms with van der Waals surface area (Å²) in [5.74, 6) is 0. The minimum atomic E-state index is 0.396. The number of amides is 1. The van der Waals surface area contributed by atoms with E-state index in [1.165, 1.54) is 0 Å². The molecule has 0 saturated carbocycles. The number of nitrogens with zero attached hydrogens (tertiary/aromatic N) is 2. The van der Waals surface area contributed by atoms with Crippen LogP contribution in [0.4, 0.5) is 0 Å². The number of likely N-dealkylation sites (N-methyl/N-ethyl adjacent to an activating group) is 1. The van der Waals surface area contributed by atoms with E-state index in [1.54, 1.807) is 6.20 Å². The van der Waals surface area contributed by atoms with Crippen LogP contribution in [0.1, 0.15) is 12.1 Å². The Morgan fingerprint density at radius 1 is 1.56 bits per heavy atom. The van der Waals surface area contributed by atoms with Crippen molar-refractivity contribution in [2.24, 2.45) is 0 Å². The summed E-state index contributed by atoms with van der Waals surface area (Å²) in [5.41, 5.74) is 1.08. The van der Waals surface area contributed by atoms with Gasteiger partial charge < -0.3 is 15.5 Å². The van der Waals surface area contributed by atoms with Gasteiger partial charge in [0, 0.05) is 25.3 Å². The van der Waals surface area contributed by atoms with Crippen LogP contribution in [0.2, 0.25) is 0 Å². The average molecular weight is 250 g/mol. The summed E-state index contributed by atoms with van der Waals surface area (Å²) in [5, 5.41) is 5.77. The monoisotopic (exact) mass is 250 g/mol. The number of aromatic nitrogens is 1. The number of carbonyl (C=O) groups is 1. The molecule has 1 aliphatic heterocycles. The van der Waals surface area contributed by atoms with Crippen molar-refractivity contribution in [1.29, 1.82) is 0 Å². The van der Waals surface area contributed by atoms with Gasteiger partial charge in [0.15, 0.2) is 0 Å². The van der Waals surface area contributed by atoms with E-state index in [0.717, 1.165) is 38.2 Å². The third-order valence-corrected chi connectivity index (χ3v) is 2.78. The van der Waals surface area contributed by atoms with Crippen molar-refractivity contribution in [3.05, 3.63) is 30.1 Å². The summed E-state index contributed by atoms with van der Waals surface area (Å²) in [4.78, 5) is 16.3. The second-order valence-electron chi connectivity index (χ2n) is 4.38. The third-order valence-electron chi connectivity index (χ3n) is 2.78. The van der Waals surface area contributed by atoms with Gasteiger partial charge in [0.25, 0.3) is 0 Å². The molecule has 1 unspecified atom stereocenters. The lowest BCUT2D eigenvalue weighted by atomic mass is 10.3. The second-order valence-corrected chi connectivity index (χ2v) is 4.38. The number of carbonyl (C=O) groups excluding carboxylic acids is 1. The Morgan fingerprint density at radius 3 is 2.89 bits per heavy atom. The lowest BCUT2D eigenvalue weighted by Gasteiger charge is -2.07. The van der Waals surface area contributed by atoms with Crippen molar-refractivity contribution >= 4 is 6.41 Å². The minimum Gasteiger partial charge on any atom is -0.355 e. The van der Waals surface area contributed by atoms with E-state index in [9.17, 15) is 4.79 Å². The molecule has 0 aliphatic carbocycles. The van der Waals surface area contributed by atoms with E-state index in [4.69, 9.17) is 0 Å². The highest BCUT2D eigenvalue weighted by Gasteiger charge is 2.17. The molecule has 18 heavy (non-hydrogen) atoms. The van der Waals surface area contributed by atoms with E-state index in [2.05, 4.69) is 27.6 Å². The van der Waals surface area contributed by atoms with Crippen LogP contribution in [-0.4, -0.2) is 49.5 Å². The number of hydrogen-bond acceptors (Lipinski definition) is 4. The highest BCUT2D eigenvalue weighted by Crippen LogP contribution is 2.04. The van der Waals surface area contributed by atoms with Crippen LogP contribution in [0.5, 0.6) is 0 Å². The van der Waals surface area contributed by atoms with E-state index in [0.29, 0.717) is 6.04 Å². The molecule has 0 aromatic carbocycles. The number of pyridine rings is 1. The van der Waals surface area contributed by atoms with Gasteiger partial charge in [0.2, 0.25) is 6.41 Å². The number of likely N-dealkylation sites (tertiary alicyclic amines) is 1. The predicted molar refractivity (Wildman–Crippen MR) is 72.1 cm³/mol. The SMILES string of the molecule is CN1CCC(NC=O)C1.CNCc1ccccn1. The minimum absolute atomic E-state index is 0.396. The fraction of sp³-hybridized carbons (Fsp3) is 0.538. The smallest absolute Gasteiger partial charge is 0.207 e. The zero-order valence-electron chi connectivity index (χ0n) is 11.1. The molecule has 5 nitrogen and oxygen atoms in total. The molecule has 2 rings (SSSR count). The van der Waals surface area contributed by atoms with Gasteiger partial charge >= 0.3 is 0 Å². The lowest BCUT2D eigenvalue weighted by Crippen LogP contribution is -2.29. The fourth-order valence-corrected chi connectivity index (χ4v) is 1.85. The van der Waals surface area contributed by atoms with Crippen LogP contribution in [0, 0.1) is 0 Å². The van der Waals surface area contributed by atoms with Crippen LogP contribution in [0.15, 0.2) is 24.4 Å². The van der Waals surface area contributed by atoms with E-state index in [-0.39, 0.29) is 0 Å². The van der Waals surface area contributed by atoms with Gasteiger partial charge in [-0.1, -0.05) is 6.07 Å². The maximum Gasteiger partial charge on any atom is 0.207 e. The molecule has 0 bridgehead atoms. The molecule has 1 aromatic heterocycles. The molecule has 0 radical (unpaired) electrons. The Morgan fingerprint density at radius 2 is 2.39 bits per heavy atom. The molecule has 5 heteroatoms. The highest BCUT2D eigenvalue weighted by atomic mass is 16.1. The molecular weight excluding hydrogens is 228 g/mol. The molecule has 0 spiro atoms. The molecule has 1 atom stereocenters. The molecule has 2 N–H and O–H groups in total. The van der Waals surface area contributed by atoms with Gasteiger partial charge in [-0.3, -0.25) is 9.78 Å². The molecule has 100 valence electrons. The zero-order valence-corrected chi connectivity index (χ0v) is 11.1. The topological polar surface area (TPSA) is 57.3 Å². The van der Waals surface area contributed by atoms with Crippen molar-refractivity contribution in [3.8, 4) is 0 Å². The van der Waals surface area contributed by atoms with Crippen molar-refractivity contribution in [2.45, 2.75) is 19.0 Å². The van der Waals surface area contributed by atoms with E-state index < -0.39 is 0 Å². The first-order valence-corrected chi connectivity index (χ1v) is 6.19. The van der Waals surface area contributed by atoms with E-state index >= 15 is 0 Å². The van der Waals surface area contributed by atoms with Gasteiger partial charge in [-0.05, 0) is 39.2 Å². The van der Waals surface area contributed by atoms with Crippen LogP contribution in [0.25, 0.3) is 0 Å². The Bertz CT molecular complexity index is 331. The van der Waals surface area contributed by atoms with Crippen LogP contribution in [-0.2, 0) is 11.3 Å². The maximum absolute atomic E-state index is 9.94. The summed E-state index contributed by atoms with van der Waals surface area (Å²) < 4.78 is 0. The molecule has 1 aromatic rings. The third kappa shape index (κ3) is 5.75. The Kier molecular flexibility index (Phi) is 6.98. The normalized spacial score (nSPS) is 18.9. The first kappa shape index (κ1) is 14.6. The number of rotatable bonds is 4. The first-order chi connectivity index (χ1) is 8.76. The highest BCUT2D eigenvalue weighted by molar-refractivity contribution is 5.46. The largest absolute Gasteiger partial charge is 0.355 e. The van der Waals surface area contributed by atoms with Crippen LogP contribution in [0.3, 0.4) is 0 Å². The van der Waals surface area contributed by atoms with Crippen molar-refractivity contribution in [3.63, 3.8) is 0 Å². The van der Waals surface area contributed by atoms with E-state index in [1.807, 2.05) is 25.2 Å². The van der Waals surface area contributed by atoms with Gasteiger partial charge in [-0.15, -0.1) is 0 Å². The van der Waals surface area contributed by atoms with Gasteiger partial charge in [-0.2, -0.15) is 0 Å². The van der Waals surface area contributed by atoms with Crippen molar-refractivity contribution < 1.29 is 4.79 Å². The van der Waals surface area contributed by atoms with Gasteiger partial charge in [-0.25, -0.2) is 0 Å². The quantitative estimate of drug-likeness (QED) is 0.752. The lowest BCUT2D eigenvalue weighted by molar-refractivity contribution is -0.110. The first-order valence-electron chi connectivity index (χ1n) is 6.19. The van der Waals surface area contributed by atoms with Crippen LogP contribution < -0.4 is 10.6 Å². The Balaban J connectivity index is 0.000000180.